The molecule has 340 valence electrons. The van der Waals surface area contributed by atoms with Crippen molar-refractivity contribution in [1.29, 1.82) is 0 Å². The van der Waals surface area contributed by atoms with Crippen molar-refractivity contribution in [2.75, 3.05) is 13.2 Å². The van der Waals surface area contributed by atoms with Gasteiger partial charge in [-0.1, -0.05) is 18.2 Å². The average molecular weight is 884 g/mol. The van der Waals surface area contributed by atoms with Gasteiger partial charge in [0.05, 0.1) is 22.7 Å². The van der Waals surface area contributed by atoms with Crippen molar-refractivity contribution in [3.63, 3.8) is 0 Å². The van der Waals surface area contributed by atoms with Crippen molar-refractivity contribution in [2.45, 2.75) is 127 Å². The van der Waals surface area contributed by atoms with E-state index < -0.39 is 138 Å². The minimum atomic E-state index is -2.98. The largest absolute Gasteiger partial charge is 0.465 e. The van der Waals surface area contributed by atoms with E-state index in [0.29, 0.717) is 0 Å². The normalized spacial score (nSPS) is 35.8. The lowest BCUT2D eigenvalue weighted by atomic mass is 9.45. The van der Waals surface area contributed by atoms with Crippen molar-refractivity contribution < 1.29 is 91.2 Å². The zero-order valence-electron chi connectivity index (χ0n) is 35.8. The summed E-state index contributed by atoms with van der Waals surface area (Å²) in [5.41, 5.74) is -13.3. The Morgan fingerprint density at radius 2 is 1.33 bits per heavy atom. The SMILES string of the molecule is CC(=O)OC[C@]12[C@H](OC(C)=O)[C@H](OC(C)=O)[C@@H]3[C@@H](OC(C)=O)[C@@]14O[C@@]3(C)COC(=O)c1cccnc1CC[C@](C)(O)C(=O)O[C@@H]([C@H](OC(=O)c1ccccc1)[C@@H]2OC(C)=O)[C@@]4(C)O. The molecule has 3 heterocycles. The topological polar surface area (TPSA) is 273 Å². The quantitative estimate of drug-likeness (QED) is 0.279. The summed E-state index contributed by atoms with van der Waals surface area (Å²) in [4.78, 5) is 113. The van der Waals surface area contributed by atoms with Crippen molar-refractivity contribution >= 4 is 47.8 Å². The highest BCUT2D eigenvalue weighted by molar-refractivity contribution is 5.91. The standard InChI is InChI=1S/C43H49NO19/c1-21(45)55-20-42-34(59-24(4)48)30(57-22(2)46)29-32(58-23(3)47)43(42)41(8,54)33(31(35(42)60-25(5)49)61-36(50)26-13-10-9-11-14-26)62-38(52)39(6,53)17-16-28-27(15-12-18-44-28)37(51)56-19-40(29,7)63-43/h9-15,18,29-35,53-54H,16-17,19-20H2,1-8H3/t29-,30-,31+,32-,33+,34-,35+,39+,40+,41-,42-,43+/m1/s1. The number of aromatic nitrogens is 1. The molecule has 0 unspecified atom stereocenters. The van der Waals surface area contributed by atoms with Gasteiger partial charge in [-0.3, -0.25) is 29.0 Å². The van der Waals surface area contributed by atoms with Crippen LogP contribution in [0.2, 0.25) is 0 Å². The molecule has 2 aliphatic carbocycles. The predicted octanol–water partition coefficient (Wildman–Crippen LogP) is 1.27. The first kappa shape index (κ1) is 46.5. The highest BCUT2D eigenvalue weighted by atomic mass is 16.7. The van der Waals surface area contributed by atoms with Gasteiger partial charge in [-0.05, 0) is 57.9 Å². The molecule has 3 fully saturated rings. The van der Waals surface area contributed by atoms with Crippen LogP contribution in [0.3, 0.4) is 0 Å². The molecule has 12 atom stereocenters. The molecule has 1 saturated heterocycles. The van der Waals surface area contributed by atoms with E-state index in [9.17, 15) is 48.6 Å². The molecule has 63 heavy (non-hydrogen) atoms. The molecule has 20 nitrogen and oxygen atoms in total. The molecular weight excluding hydrogens is 834 g/mol. The van der Waals surface area contributed by atoms with E-state index in [2.05, 4.69) is 4.98 Å². The van der Waals surface area contributed by atoms with Crippen molar-refractivity contribution in [3.05, 3.63) is 65.5 Å². The average Bonchev–Trinajstić information content (AvgIpc) is 3.42. The number of esters is 8. The van der Waals surface area contributed by atoms with Crippen LogP contribution in [0.15, 0.2) is 48.7 Å². The smallest absolute Gasteiger partial charge is 0.340 e. The Labute approximate surface area is 360 Å². The number of ether oxygens (including phenoxy) is 9. The van der Waals surface area contributed by atoms with Gasteiger partial charge in [0.15, 0.2) is 35.6 Å². The number of aryl methyl sites for hydroxylation is 1. The molecule has 4 bridgehead atoms. The number of aliphatic hydroxyl groups is 2. The number of cyclic esters (lactones) is 1. The second-order valence-electron chi connectivity index (χ2n) is 16.7. The number of nitrogens with zero attached hydrogens (tertiary/aromatic N) is 1. The summed E-state index contributed by atoms with van der Waals surface area (Å²) >= 11 is 0. The van der Waals surface area contributed by atoms with Crippen LogP contribution < -0.4 is 0 Å². The fourth-order valence-corrected chi connectivity index (χ4v) is 9.73. The van der Waals surface area contributed by atoms with E-state index in [1.54, 1.807) is 6.07 Å². The molecule has 1 spiro atoms. The number of benzene rings is 1. The number of rotatable bonds is 8. The maximum atomic E-state index is 14.5. The van der Waals surface area contributed by atoms with Crippen molar-refractivity contribution in [3.8, 4) is 0 Å². The molecule has 2 N–H and O–H groups in total. The third kappa shape index (κ3) is 7.99. The Balaban J connectivity index is 1.79. The van der Waals surface area contributed by atoms with Crippen LogP contribution in [0.25, 0.3) is 0 Å². The molecule has 2 aromatic rings. The van der Waals surface area contributed by atoms with Gasteiger partial charge < -0.3 is 52.8 Å². The highest BCUT2D eigenvalue weighted by Gasteiger charge is 2.92. The number of hydrogen-bond acceptors (Lipinski definition) is 20. The van der Waals surface area contributed by atoms with Gasteiger partial charge in [0.25, 0.3) is 0 Å². The summed E-state index contributed by atoms with van der Waals surface area (Å²) in [6.45, 7) is 6.37. The van der Waals surface area contributed by atoms with Crippen LogP contribution in [-0.4, -0.2) is 135 Å². The number of carbonyl (C=O) groups excluding carboxylic acids is 8. The molecule has 20 heteroatoms. The fourth-order valence-electron chi connectivity index (χ4n) is 9.73. The van der Waals surface area contributed by atoms with E-state index in [1.807, 2.05) is 0 Å². The number of fused-ring (bicyclic) bond motifs is 5. The van der Waals surface area contributed by atoms with E-state index in [4.69, 9.17) is 42.6 Å². The molecule has 0 radical (unpaired) electrons. The van der Waals surface area contributed by atoms with E-state index in [1.165, 1.54) is 49.5 Å². The van der Waals surface area contributed by atoms with E-state index in [-0.39, 0.29) is 23.2 Å². The Hall–Kier alpha value is -5.99. The number of pyridine rings is 1. The zero-order chi connectivity index (χ0) is 46.4. The second kappa shape index (κ2) is 16.9. The third-order valence-corrected chi connectivity index (χ3v) is 12.2. The minimum Gasteiger partial charge on any atom is -0.465 e. The minimum absolute atomic E-state index is 0.0847. The van der Waals surface area contributed by atoms with Crippen LogP contribution in [0.4, 0.5) is 0 Å². The van der Waals surface area contributed by atoms with Gasteiger partial charge in [0, 0.05) is 40.8 Å². The Morgan fingerprint density at radius 1 is 0.746 bits per heavy atom. The van der Waals surface area contributed by atoms with Crippen molar-refractivity contribution in [2.24, 2.45) is 11.3 Å². The Kier molecular flexibility index (Phi) is 12.5. The van der Waals surface area contributed by atoms with Gasteiger partial charge in [0.2, 0.25) is 0 Å². The molecule has 6 rings (SSSR count). The Morgan fingerprint density at radius 3 is 1.92 bits per heavy atom. The first-order chi connectivity index (χ1) is 29.4. The summed E-state index contributed by atoms with van der Waals surface area (Å²) < 4.78 is 54.9. The van der Waals surface area contributed by atoms with Crippen LogP contribution in [-0.2, 0) is 77.8 Å². The van der Waals surface area contributed by atoms with Gasteiger partial charge in [-0.15, -0.1) is 0 Å². The maximum absolute atomic E-state index is 14.5. The Bertz CT molecular complexity index is 2190. The van der Waals surface area contributed by atoms with Crippen LogP contribution in [0.5, 0.6) is 0 Å². The van der Waals surface area contributed by atoms with Crippen molar-refractivity contribution in [1.82, 2.24) is 4.98 Å². The fraction of sp³-hybridized carbons (Fsp3) is 0.558. The first-order valence-electron chi connectivity index (χ1n) is 20.0. The lowest BCUT2D eigenvalue weighted by molar-refractivity contribution is -0.386. The summed E-state index contributed by atoms with van der Waals surface area (Å²) in [5, 5.41) is 25.4. The molecule has 2 saturated carbocycles. The monoisotopic (exact) mass is 883 g/mol. The lowest BCUT2D eigenvalue weighted by Gasteiger charge is -2.67. The van der Waals surface area contributed by atoms with Gasteiger partial charge in [-0.25, -0.2) is 14.4 Å². The van der Waals surface area contributed by atoms with E-state index >= 15 is 0 Å². The van der Waals surface area contributed by atoms with Gasteiger partial charge in [-0.2, -0.15) is 0 Å². The lowest BCUT2D eigenvalue weighted by Crippen LogP contribution is -2.89. The first-order valence-corrected chi connectivity index (χ1v) is 20.0. The molecule has 1 aromatic heterocycles. The number of carbonyl (C=O) groups is 8. The summed E-state index contributed by atoms with van der Waals surface area (Å²) in [5.74, 6) is -10.5. The second-order valence-corrected chi connectivity index (χ2v) is 16.7. The van der Waals surface area contributed by atoms with E-state index in [0.717, 1.165) is 48.5 Å². The third-order valence-electron chi connectivity index (χ3n) is 12.2. The molecule has 0 amide bonds. The molecule has 1 aromatic carbocycles. The summed E-state index contributed by atoms with van der Waals surface area (Å²) in [7, 11) is 0. The van der Waals surface area contributed by atoms with Gasteiger partial charge in [0.1, 0.15) is 42.0 Å². The summed E-state index contributed by atoms with van der Waals surface area (Å²) in [6, 6.07) is 10.1. The summed E-state index contributed by atoms with van der Waals surface area (Å²) in [6.07, 6.45) is -12.0. The predicted molar refractivity (Wildman–Crippen MR) is 207 cm³/mol. The number of hydrogen-bond donors (Lipinski definition) is 2. The molecule has 4 aliphatic rings. The molecule has 2 aliphatic heterocycles. The highest BCUT2D eigenvalue weighted by Crippen LogP contribution is 2.70. The molecular formula is C43H49NO19. The zero-order valence-corrected chi connectivity index (χ0v) is 35.8. The van der Waals surface area contributed by atoms with Gasteiger partial charge >= 0.3 is 47.8 Å². The van der Waals surface area contributed by atoms with Crippen LogP contribution in [0, 0.1) is 11.3 Å². The van der Waals surface area contributed by atoms with Crippen LogP contribution in [0.1, 0.15) is 88.2 Å². The maximum Gasteiger partial charge on any atom is 0.340 e. The van der Waals surface area contributed by atoms with Crippen LogP contribution >= 0.6 is 0 Å².